The molecule has 4 bridgehead atoms. The fourth-order valence-corrected chi connectivity index (χ4v) is 5.89. The second-order valence-corrected chi connectivity index (χ2v) is 8.05. The normalized spacial score (nSPS) is 47.5. The van der Waals surface area contributed by atoms with Gasteiger partial charge < -0.3 is 11.1 Å². The minimum absolute atomic E-state index is 0.193. The predicted octanol–water partition coefficient (Wildman–Crippen LogP) is 2.59. The maximum atomic E-state index is 12.9. The van der Waals surface area contributed by atoms with Crippen LogP contribution in [-0.2, 0) is 4.79 Å². The molecule has 0 heterocycles. The smallest absolute Gasteiger partial charge is 0.240 e. The molecule has 5 fully saturated rings. The molecule has 5 saturated carbocycles. The quantitative estimate of drug-likeness (QED) is 0.814. The summed E-state index contributed by atoms with van der Waals surface area (Å²) in [5.74, 6) is 2.86. The number of carbonyl (C=O) groups is 1. The van der Waals surface area contributed by atoms with Crippen molar-refractivity contribution in [2.75, 3.05) is 0 Å². The van der Waals surface area contributed by atoms with Crippen molar-refractivity contribution in [3.05, 3.63) is 0 Å². The van der Waals surface area contributed by atoms with E-state index in [0.717, 1.165) is 24.7 Å². The zero-order valence-corrected chi connectivity index (χ0v) is 12.4. The van der Waals surface area contributed by atoms with Crippen molar-refractivity contribution in [2.24, 2.45) is 29.4 Å². The third kappa shape index (κ3) is 1.93. The van der Waals surface area contributed by atoms with Gasteiger partial charge in [0.05, 0.1) is 0 Å². The highest BCUT2D eigenvalue weighted by molar-refractivity contribution is 5.87. The third-order valence-electron chi connectivity index (χ3n) is 6.82. The van der Waals surface area contributed by atoms with Gasteiger partial charge in [-0.05, 0) is 68.6 Å². The Balaban J connectivity index is 1.49. The molecule has 3 heteroatoms. The highest BCUT2D eigenvalue weighted by atomic mass is 16.2. The second-order valence-electron chi connectivity index (χ2n) is 8.05. The monoisotopic (exact) mass is 276 g/mol. The Labute approximate surface area is 122 Å². The van der Waals surface area contributed by atoms with E-state index in [1.807, 2.05) is 0 Å². The van der Waals surface area contributed by atoms with E-state index in [1.54, 1.807) is 0 Å². The van der Waals surface area contributed by atoms with Crippen LogP contribution in [0.1, 0.15) is 64.2 Å². The summed E-state index contributed by atoms with van der Waals surface area (Å²) in [4.78, 5) is 12.9. The molecule has 1 amide bonds. The molecule has 0 radical (unpaired) electrons. The molecule has 0 atom stereocenters. The fraction of sp³-hybridized carbons (Fsp3) is 0.941. The minimum atomic E-state index is -0.537. The predicted molar refractivity (Wildman–Crippen MR) is 79.0 cm³/mol. The van der Waals surface area contributed by atoms with Crippen molar-refractivity contribution in [1.82, 2.24) is 5.32 Å². The van der Waals surface area contributed by atoms with Crippen LogP contribution in [0.15, 0.2) is 0 Å². The highest BCUT2D eigenvalue weighted by Crippen LogP contribution is 2.57. The maximum Gasteiger partial charge on any atom is 0.240 e. The summed E-state index contributed by atoms with van der Waals surface area (Å²) in [5, 5.41) is 3.32. The maximum absolute atomic E-state index is 12.9. The van der Waals surface area contributed by atoms with Crippen molar-refractivity contribution in [3.8, 4) is 0 Å². The molecule has 20 heavy (non-hydrogen) atoms. The topological polar surface area (TPSA) is 55.1 Å². The Morgan fingerprint density at radius 1 is 0.900 bits per heavy atom. The van der Waals surface area contributed by atoms with E-state index in [1.165, 1.54) is 51.4 Å². The summed E-state index contributed by atoms with van der Waals surface area (Å²) < 4.78 is 0. The van der Waals surface area contributed by atoms with Crippen LogP contribution in [0.4, 0.5) is 0 Å². The largest absolute Gasteiger partial charge is 0.352 e. The molecule has 0 aromatic carbocycles. The number of nitrogens with two attached hydrogens (primary N) is 1. The molecule has 5 aliphatic carbocycles. The minimum Gasteiger partial charge on any atom is -0.352 e. The lowest BCUT2D eigenvalue weighted by Gasteiger charge is -2.58. The molecule has 0 saturated heterocycles. The van der Waals surface area contributed by atoms with Crippen LogP contribution < -0.4 is 11.1 Å². The third-order valence-corrected chi connectivity index (χ3v) is 6.82. The summed E-state index contributed by atoms with van der Waals surface area (Å²) in [6.45, 7) is 0. The Morgan fingerprint density at radius 3 is 2.00 bits per heavy atom. The van der Waals surface area contributed by atoms with Gasteiger partial charge in [0.2, 0.25) is 5.91 Å². The van der Waals surface area contributed by atoms with Gasteiger partial charge in [-0.1, -0.05) is 19.3 Å². The van der Waals surface area contributed by atoms with Gasteiger partial charge in [-0.15, -0.1) is 0 Å². The van der Waals surface area contributed by atoms with Gasteiger partial charge in [-0.25, -0.2) is 0 Å². The number of hydrogen-bond acceptors (Lipinski definition) is 2. The lowest BCUT2D eigenvalue weighted by molar-refractivity contribution is -0.143. The highest BCUT2D eigenvalue weighted by Gasteiger charge is 2.59. The Bertz CT molecular complexity index is 372. The van der Waals surface area contributed by atoms with Gasteiger partial charge in [-0.3, -0.25) is 4.79 Å². The summed E-state index contributed by atoms with van der Waals surface area (Å²) in [6.07, 6.45) is 12.4. The zero-order valence-electron chi connectivity index (χ0n) is 12.4. The number of hydrogen-bond donors (Lipinski definition) is 2. The first-order valence-corrected chi connectivity index (χ1v) is 8.76. The Kier molecular flexibility index (Phi) is 3.10. The molecule has 3 N–H and O–H groups in total. The number of carbonyl (C=O) groups excluding carboxylic acids is 1. The van der Waals surface area contributed by atoms with Crippen molar-refractivity contribution >= 4 is 5.91 Å². The number of rotatable bonds is 2. The van der Waals surface area contributed by atoms with Crippen molar-refractivity contribution in [3.63, 3.8) is 0 Å². The lowest BCUT2D eigenvalue weighted by atomic mass is 9.48. The standard InChI is InChI=1S/C17H28N2O/c18-17(16(20)19-15-4-2-1-3-5-15)13-7-11-6-12(9-13)10-14(17)8-11/h11-15H,1-10,18H2,(H,19,20). The molecule has 5 aliphatic rings. The molecule has 0 spiro atoms. The van der Waals surface area contributed by atoms with Crippen LogP contribution in [-0.4, -0.2) is 17.5 Å². The van der Waals surface area contributed by atoms with Crippen LogP contribution >= 0.6 is 0 Å². The number of amides is 1. The van der Waals surface area contributed by atoms with Crippen molar-refractivity contribution in [1.29, 1.82) is 0 Å². The summed E-state index contributed by atoms with van der Waals surface area (Å²) in [7, 11) is 0. The van der Waals surface area contributed by atoms with E-state index in [-0.39, 0.29) is 5.91 Å². The van der Waals surface area contributed by atoms with Gasteiger partial charge in [0.25, 0.3) is 0 Å². The average Bonchev–Trinajstić information content (AvgIpc) is 2.44. The molecule has 3 nitrogen and oxygen atoms in total. The van der Waals surface area contributed by atoms with Crippen LogP contribution in [0.3, 0.4) is 0 Å². The SMILES string of the molecule is NC1(C(=O)NC2CCCCC2)C2CC3CC(C2)CC1C3. The molecule has 5 rings (SSSR count). The summed E-state index contributed by atoms with van der Waals surface area (Å²) in [5.41, 5.74) is 6.20. The summed E-state index contributed by atoms with van der Waals surface area (Å²) >= 11 is 0. The fourth-order valence-electron chi connectivity index (χ4n) is 5.89. The van der Waals surface area contributed by atoms with Crippen molar-refractivity contribution in [2.45, 2.75) is 75.8 Å². The average molecular weight is 276 g/mol. The van der Waals surface area contributed by atoms with Gasteiger partial charge in [0.1, 0.15) is 5.54 Å². The van der Waals surface area contributed by atoms with E-state index in [9.17, 15) is 4.79 Å². The van der Waals surface area contributed by atoms with Gasteiger partial charge >= 0.3 is 0 Å². The molecule has 0 aromatic heterocycles. The zero-order chi connectivity index (χ0) is 13.7. The molecule has 0 unspecified atom stereocenters. The lowest BCUT2D eigenvalue weighted by Crippen LogP contribution is -2.70. The van der Waals surface area contributed by atoms with Crippen LogP contribution in [0, 0.1) is 23.7 Å². The first-order chi connectivity index (χ1) is 9.66. The van der Waals surface area contributed by atoms with Gasteiger partial charge in [0.15, 0.2) is 0 Å². The van der Waals surface area contributed by atoms with E-state index < -0.39 is 5.54 Å². The molecule has 0 aliphatic heterocycles. The van der Waals surface area contributed by atoms with E-state index in [4.69, 9.17) is 5.73 Å². The van der Waals surface area contributed by atoms with E-state index in [0.29, 0.717) is 17.9 Å². The molecule has 112 valence electrons. The van der Waals surface area contributed by atoms with Gasteiger partial charge in [0, 0.05) is 6.04 Å². The van der Waals surface area contributed by atoms with Crippen molar-refractivity contribution < 1.29 is 4.79 Å². The molecular formula is C17H28N2O. The van der Waals surface area contributed by atoms with Crippen LogP contribution in [0.25, 0.3) is 0 Å². The second kappa shape index (κ2) is 4.72. The first-order valence-electron chi connectivity index (χ1n) is 8.76. The van der Waals surface area contributed by atoms with Gasteiger partial charge in [-0.2, -0.15) is 0 Å². The molecule has 0 aromatic rings. The Hall–Kier alpha value is -0.570. The Morgan fingerprint density at radius 2 is 1.45 bits per heavy atom. The first kappa shape index (κ1) is 13.1. The van der Waals surface area contributed by atoms with Crippen LogP contribution in [0.5, 0.6) is 0 Å². The summed E-state index contributed by atoms with van der Waals surface area (Å²) in [6, 6.07) is 0.397. The molecular weight excluding hydrogens is 248 g/mol. The van der Waals surface area contributed by atoms with Crippen LogP contribution in [0.2, 0.25) is 0 Å². The van der Waals surface area contributed by atoms with E-state index >= 15 is 0 Å². The number of nitrogens with one attached hydrogen (secondary N) is 1. The van der Waals surface area contributed by atoms with E-state index in [2.05, 4.69) is 5.32 Å².